The molecule has 1 aliphatic carbocycles. The van der Waals surface area contributed by atoms with E-state index in [1.54, 1.807) is 36.4 Å². The predicted molar refractivity (Wildman–Crippen MR) is 129 cm³/mol. The van der Waals surface area contributed by atoms with Crippen LogP contribution in [0.5, 0.6) is 11.5 Å². The van der Waals surface area contributed by atoms with E-state index in [-0.39, 0.29) is 37.1 Å². The van der Waals surface area contributed by atoms with Gasteiger partial charge in [0.1, 0.15) is 12.6 Å². The number of carbonyl (C=O) groups excluding carboxylic acids is 3. The van der Waals surface area contributed by atoms with E-state index >= 15 is 0 Å². The van der Waals surface area contributed by atoms with Crippen molar-refractivity contribution in [3.63, 3.8) is 0 Å². The molecule has 2 N–H and O–H groups in total. The Morgan fingerprint density at radius 3 is 2.41 bits per heavy atom. The Labute approximate surface area is 213 Å². The van der Waals surface area contributed by atoms with Crippen LogP contribution in [0, 0.1) is 5.92 Å². The van der Waals surface area contributed by atoms with Gasteiger partial charge in [-0.2, -0.15) is 8.78 Å². The number of halogens is 2. The molecule has 37 heavy (non-hydrogen) atoms. The Morgan fingerprint density at radius 2 is 1.78 bits per heavy atom. The van der Waals surface area contributed by atoms with E-state index in [1.807, 2.05) is 4.90 Å². The van der Waals surface area contributed by atoms with E-state index in [4.69, 9.17) is 15.2 Å². The van der Waals surface area contributed by atoms with Gasteiger partial charge in [-0.05, 0) is 48.6 Å². The highest BCUT2D eigenvalue weighted by Gasteiger charge is 2.35. The summed E-state index contributed by atoms with van der Waals surface area (Å²) in [5.74, 6) is -0.841. The van der Waals surface area contributed by atoms with Gasteiger partial charge in [0.2, 0.25) is 11.8 Å². The van der Waals surface area contributed by atoms with Gasteiger partial charge in [0.05, 0.1) is 6.61 Å². The first kappa shape index (κ1) is 26.2. The number of hydrogen-bond donors (Lipinski definition) is 1. The third-order valence-electron chi connectivity index (χ3n) is 6.36. The summed E-state index contributed by atoms with van der Waals surface area (Å²) >= 11 is 0. The molecule has 0 aromatic heterocycles. The van der Waals surface area contributed by atoms with Gasteiger partial charge in [-0.3, -0.25) is 9.59 Å². The Kier molecular flexibility index (Phi) is 8.10. The quantitative estimate of drug-likeness (QED) is 0.483. The SMILES string of the molecule is CC(=O)N1CCN(c2ccc(OC(F)F)c(OCC3CC3)c2)CC1C(=O)OCc1ccc(C(N)=O)cc1. The molecule has 1 saturated heterocycles. The van der Waals surface area contributed by atoms with E-state index in [9.17, 15) is 23.2 Å². The molecule has 9 nitrogen and oxygen atoms in total. The fourth-order valence-corrected chi connectivity index (χ4v) is 4.10. The van der Waals surface area contributed by atoms with Crippen molar-refractivity contribution in [3.05, 3.63) is 53.6 Å². The Bertz CT molecular complexity index is 1140. The molecule has 11 heteroatoms. The first-order valence-corrected chi connectivity index (χ1v) is 12.0. The third kappa shape index (κ3) is 6.87. The largest absolute Gasteiger partial charge is 0.489 e. The standard InChI is InChI=1S/C26H29F2N3O6/c1-16(32)31-11-10-30(13-21(31)25(34)36-15-18-4-6-19(7-5-18)24(29)33)20-8-9-22(37-26(27)28)23(12-20)35-14-17-2-3-17/h4-9,12,17,21,26H,2-3,10-11,13-15H2,1H3,(H2,29,33). The zero-order chi connectivity index (χ0) is 26.5. The minimum atomic E-state index is -2.99. The second-order valence-corrected chi connectivity index (χ2v) is 9.11. The van der Waals surface area contributed by atoms with Gasteiger partial charge >= 0.3 is 12.6 Å². The van der Waals surface area contributed by atoms with Crippen LogP contribution < -0.4 is 20.1 Å². The molecule has 1 aliphatic heterocycles. The second-order valence-electron chi connectivity index (χ2n) is 9.11. The van der Waals surface area contributed by atoms with Crippen LogP contribution in [0.2, 0.25) is 0 Å². The van der Waals surface area contributed by atoms with Crippen molar-refractivity contribution in [3.8, 4) is 11.5 Å². The van der Waals surface area contributed by atoms with E-state index in [2.05, 4.69) is 4.74 Å². The number of nitrogens with zero attached hydrogens (tertiary/aromatic N) is 2. The van der Waals surface area contributed by atoms with Gasteiger partial charge in [-0.1, -0.05) is 12.1 Å². The maximum Gasteiger partial charge on any atom is 0.387 e. The summed E-state index contributed by atoms with van der Waals surface area (Å²) < 4.78 is 41.6. The highest BCUT2D eigenvalue weighted by molar-refractivity contribution is 5.92. The van der Waals surface area contributed by atoms with Crippen LogP contribution in [0.4, 0.5) is 14.5 Å². The molecule has 198 valence electrons. The van der Waals surface area contributed by atoms with E-state index in [0.717, 1.165) is 12.8 Å². The van der Waals surface area contributed by atoms with Crippen LogP contribution in [-0.2, 0) is 20.9 Å². The average Bonchev–Trinajstić information content (AvgIpc) is 3.71. The van der Waals surface area contributed by atoms with E-state index in [1.165, 1.54) is 17.9 Å². The summed E-state index contributed by atoms with van der Waals surface area (Å²) in [4.78, 5) is 39.8. The maximum atomic E-state index is 13.0. The lowest BCUT2D eigenvalue weighted by molar-refractivity contribution is -0.156. The molecular weight excluding hydrogens is 488 g/mol. The van der Waals surface area contributed by atoms with E-state index < -0.39 is 24.5 Å². The van der Waals surface area contributed by atoms with Crippen LogP contribution in [0.1, 0.15) is 35.7 Å². The topological polar surface area (TPSA) is 111 Å². The minimum absolute atomic E-state index is 0.0427. The number of alkyl halides is 2. The summed E-state index contributed by atoms with van der Waals surface area (Å²) in [6.45, 7) is -0.380. The van der Waals surface area contributed by atoms with Gasteiger partial charge < -0.3 is 29.7 Å². The van der Waals surface area contributed by atoms with Gasteiger partial charge in [-0.15, -0.1) is 0 Å². The molecule has 1 saturated carbocycles. The lowest BCUT2D eigenvalue weighted by Gasteiger charge is -2.40. The number of benzene rings is 2. The molecule has 2 amide bonds. The number of anilines is 1. The molecule has 2 fully saturated rings. The van der Waals surface area contributed by atoms with Crippen molar-refractivity contribution in [2.75, 3.05) is 31.1 Å². The number of nitrogens with two attached hydrogens (primary N) is 1. The van der Waals surface area contributed by atoms with Crippen molar-refractivity contribution in [1.82, 2.24) is 4.90 Å². The Hall–Kier alpha value is -3.89. The summed E-state index contributed by atoms with van der Waals surface area (Å²) in [6.07, 6.45) is 2.08. The molecule has 1 unspecified atom stereocenters. The zero-order valence-corrected chi connectivity index (χ0v) is 20.4. The molecule has 2 aromatic rings. The van der Waals surface area contributed by atoms with Crippen molar-refractivity contribution in [1.29, 1.82) is 0 Å². The number of ether oxygens (including phenoxy) is 3. The summed E-state index contributed by atoms with van der Waals surface area (Å²) in [5, 5.41) is 0. The molecule has 0 spiro atoms. The van der Waals surface area contributed by atoms with Crippen molar-refractivity contribution < 1.29 is 37.4 Å². The molecule has 1 atom stereocenters. The van der Waals surface area contributed by atoms with Crippen LogP contribution in [-0.4, -0.2) is 61.6 Å². The summed E-state index contributed by atoms with van der Waals surface area (Å²) in [7, 11) is 0. The molecule has 0 radical (unpaired) electrons. The third-order valence-corrected chi connectivity index (χ3v) is 6.36. The molecule has 2 aliphatic rings. The number of primary amides is 1. The van der Waals surface area contributed by atoms with Crippen LogP contribution in [0.25, 0.3) is 0 Å². The summed E-state index contributed by atoms with van der Waals surface area (Å²) in [5.41, 5.74) is 6.89. The van der Waals surface area contributed by atoms with Gasteiger partial charge in [0.25, 0.3) is 0 Å². The summed E-state index contributed by atoms with van der Waals surface area (Å²) in [6, 6.07) is 10.1. The Balaban J connectivity index is 1.46. The van der Waals surface area contributed by atoms with Crippen LogP contribution in [0.15, 0.2) is 42.5 Å². The van der Waals surface area contributed by atoms with Crippen molar-refractivity contribution >= 4 is 23.5 Å². The first-order valence-electron chi connectivity index (χ1n) is 12.0. The number of rotatable bonds is 10. The van der Waals surface area contributed by atoms with Crippen LogP contribution >= 0.6 is 0 Å². The maximum absolute atomic E-state index is 13.0. The fourth-order valence-electron chi connectivity index (χ4n) is 4.10. The Morgan fingerprint density at radius 1 is 1.05 bits per heavy atom. The second kappa shape index (κ2) is 11.4. The predicted octanol–water partition coefficient (Wildman–Crippen LogP) is 2.96. The van der Waals surface area contributed by atoms with Gasteiger partial charge in [0, 0.05) is 43.9 Å². The van der Waals surface area contributed by atoms with Gasteiger partial charge in [0.15, 0.2) is 11.5 Å². The minimum Gasteiger partial charge on any atom is -0.489 e. The number of amides is 2. The lowest BCUT2D eigenvalue weighted by Crippen LogP contribution is -2.58. The van der Waals surface area contributed by atoms with E-state index in [0.29, 0.717) is 35.9 Å². The highest BCUT2D eigenvalue weighted by Crippen LogP contribution is 2.36. The number of hydrogen-bond acceptors (Lipinski definition) is 7. The normalized spacial score (nSPS) is 17.5. The monoisotopic (exact) mass is 517 g/mol. The molecule has 1 heterocycles. The van der Waals surface area contributed by atoms with Crippen molar-refractivity contribution in [2.24, 2.45) is 11.7 Å². The molecule has 0 bridgehead atoms. The number of piperazine rings is 1. The van der Waals surface area contributed by atoms with Gasteiger partial charge in [-0.25, -0.2) is 4.79 Å². The molecule has 4 rings (SSSR count). The number of esters is 1. The molecular formula is C26H29F2N3O6. The zero-order valence-electron chi connectivity index (χ0n) is 20.4. The molecule has 2 aromatic carbocycles. The number of carbonyl (C=O) groups is 3. The average molecular weight is 518 g/mol. The fraction of sp³-hybridized carbons (Fsp3) is 0.423. The van der Waals surface area contributed by atoms with Crippen LogP contribution in [0.3, 0.4) is 0 Å². The first-order chi connectivity index (χ1) is 17.7. The highest BCUT2D eigenvalue weighted by atomic mass is 19.3. The lowest BCUT2D eigenvalue weighted by atomic mass is 10.1. The smallest absolute Gasteiger partial charge is 0.387 e. The van der Waals surface area contributed by atoms with Crippen molar-refractivity contribution in [2.45, 2.75) is 39.0 Å².